The maximum atomic E-state index is 12.6. The van der Waals surface area contributed by atoms with Crippen LogP contribution in [0.5, 0.6) is 17.2 Å². The molecule has 2 fully saturated rings. The minimum atomic E-state index is -0.0987. The summed E-state index contributed by atoms with van der Waals surface area (Å²) in [5, 5.41) is 0. The van der Waals surface area contributed by atoms with Gasteiger partial charge in [0.05, 0.1) is 27.4 Å². The Bertz CT molecular complexity index is 594. The Kier molecular flexibility index (Phi) is 4.85. The van der Waals surface area contributed by atoms with E-state index in [4.69, 9.17) is 14.2 Å². The highest BCUT2D eigenvalue weighted by molar-refractivity contribution is 5.83. The van der Waals surface area contributed by atoms with Crippen LogP contribution in [0.25, 0.3) is 0 Å². The molecular formula is C18H26N2O4. The highest BCUT2D eigenvalue weighted by atomic mass is 16.5. The Morgan fingerprint density at radius 2 is 1.79 bits per heavy atom. The minimum Gasteiger partial charge on any atom is -0.493 e. The highest BCUT2D eigenvalue weighted by Gasteiger charge is 2.40. The lowest BCUT2D eigenvalue weighted by atomic mass is 10.1. The van der Waals surface area contributed by atoms with Crippen LogP contribution in [0.4, 0.5) is 0 Å². The maximum Gasteiger partial charge on any atom is 0.239 e. The number of methoxy groups -OCH3 is 3. The first-order valence-corrected chi connectivity index (χ1v) is 8.42. The van der Waals surface area contributed by atoms with Crippen molar-refractivity contribution in [2.24, 2.45) is 0 Å². The lowest BCUT2D eigenvalue weighted by Crippen LogP contribution is -2.58. The standard InChI is InChI=1S/C18H26N2O4/c1-12-18(21)20-7-5-6-14(20)11-19(12)10-13-8-15(22-2)17(24-4)16(9-13)23-3/h8-9,12,14H,5-7,10-11H2,1-4H3/t12-,14-/m1/s1. The van der Waals surface area contributed by atoms with Gasteiger partial charge in [-0.15, -0.1) is 0 Å². The van der Waals surface area contributed by atoms with Gasteiger partial charge in [-0.1, -0.05) is 0 Å². The van der Waals surface area contributed by atoms with Gasteiger partial charge >= 0.3 is 0 Å². The number of hydrogen-bond donors (Lipinski definition) is 0. The third-order valence-corrected chi connectivity index (χ3v) is 5.12. The van der Waals surface area contributed by atoms with E-state index in [9.17, 15) is 4.79 Å². The number of hydrogen-bond acceptors (Lipinski definition) is 5. The van der Waals surface area contributed by atoms with E-state index in [-0.39, 0.29) is 11.9 Å². The molecule has 6 heteroatoms. The van der Waals surface area contributed by atoms with Crippen LogP contribution in [0, 0.1) is 0 Å². The maximum absolute atomic E-state index is 12.6. The lowest BCUT2D eigenvalue weighted by Gasteiger charge is -2.41. The number of carbonyl (C=O) groups is 1. The predicted molar refractivity (Wildman–Crippen MR) is 90.7 cm³/mol. The number of nitrogens with zero attached hydrogens (tertiary/aromatic N) is 2. The molecule has 3 rings (SSSR count). The molecule has 2 atom stereocenters. The van der Waals surface area contributed by atoms with E-state index in [2.05, 4.69) is 9.80 Å². The molecular weight excluding hydrogens is 308 g/mol. The average molecular weight is 334 g/mol. The summed E-state index contributed by atoms with van der Waals surface area (Å²) in [5.41, 5.74) is 1.05. The van der Waals surface area contributed by atoms with Gasteiger partial charge in [-0.05, 0) is 37.5 Å². The molecule has 2 heterocycles. The largest absolute Gasteiger partial charge is 0.493 e. The van der Waals surface area contributed by atoms with E-state index in [0.29, 0.717) is 29.8 Å². The lowest BCUT2D eigenvalue weighted by molar-refractivity contribution is -0.143. The summed E-state index contributed by atoms with van der Waals surface area (Å²) in [7, 11) is 4.83. The van der Waals surface area contributed by atoms with Crippen LogP contribution in [0.3, 0.4) is 0 Å². The van der Waals surface area contributed by atoms with Crippen molar-refractivity contribution in [3.63, 3.8) is 0 Å². The third kappa shape index (κ3) is 2.90. The second kappa shape index (κ2) is 6.89. The van der Waals surface area contributed by atoms with Crippen molar-refractivity contribution in [1.29, 1.82) is 0 Å². The first-order chi connectivity index (χ1) is 11.6. The van der Waals surface area contributed by atoms with Gasteiger partial charge in [-0.2, -0.15) is 0 Å². The Balaban J connectivity index is 1.83. The molecule has 1 aromatic rings. The summed E-state index contributed by atoms with van der Waals surface area (Å²) in [6, 6.07) is 4.17. The molecule has 0 saturated carbocycles. The Morgan fingerprint density at radius 3 is 2.38 bits per heavy atom. The Hall–Kier alpha value is -1.95. The summed E-state index contributed by atoms with van der Waals surface area (Å²) in [4.78, 5) is 16.9. The number of benzene rings is 1. The fourth-order valence-electron chi connectivity index (χ4n) is 3.80. The molecule has 0 aromatic heterocycles. The number of rotatable bonds is 5. The molecule has 0 N–H and O–H groups in total. The molecule has 2 aliphatic rings. The average Bonchev–Trinajstić information content (AvgIpc) is 3.06. The van der Waals surface area contributed by atoms with Crippen LogP contribution in [0.2, 0.25) is 0 Å². The smallest absolute Gasteiger partial charge is 0.239 e. The third-order valence-electron chi connectivity index (χ3n) is 5.12. The monoisotopic (exact) mass is 334 g/mol. The minimum absolute atomic E-state index is 0.0987. The van der Waals surface area contributed by atoms with Crippen molar-refractivity contribution in [1.82, 2.24) is 9.80 Å². The zero-order valence-corrected chi connectivity index (χ0v) is 14.9. The van der Waals surface area contributed by atoms with Crippen molar-refractivity contribution in [2.45, 2.75) is 38.4 Å². The Morgan fingerprint density at radius 1 is 1.12 bits per heavy atom. The van der Waals surface area contributed by atoms with Gasteiger partial charge in [0.1, 0.15) is 0 Å². The molecule has 1 aromatic carbocycles. The van der Waals surface area contributed by atoms with Crippen LogP contribution in [0.1, 0.15) is 25.3 Å². The van der Waals surface area contributed by atoms with E-state index in [0.717, 1.165) is 31.5 Å². The van der Waals surface area contributed by atoms with Crippen LogP contribution in [-0.4, -0.2) is 62.2 Å². The van der Waals surface area contributed by atoms with Crippen molar-refractivity contribution in [2.75, 3.05) is 34.4 Å². The zero-order chi connectivity index (χ0) is 17.3. The van der Waals surface area contributed by atoms with E-state index in [1.54, 1.807) is 21.3 Å². The van der Waals surface area contributed by atoms with Gasteiger partial charge in [-0.3, -0.25) is 9.69 Å². The van der Waals surface area contributed by atoms with E-state index in [1.165, 1.54) is 0 Å². The van der Waals surface area contributed by atoms with Crippen LogP contribution in [0.15, 0.2) is 12.1 Å². The van der Waals surface area contributed by atoms with E-state index < -0.39 is 0 Å². The van der Waals surface area contributed by atoms with Gasteiger partial charge in [0.15, 0.2) is 11.5 Å². The number of carbonyl (C=O) groups excluding carboxylic acids is 1. The normalized spacial score (nSPS) is 24.0. The molecule has 0 spiro atoms. The van der Waals surface area contributed by atoms with Gasteiger partial charge in [0.2, 0.25) is 11.7 Å². The summed E-state index contributed by atoms with van der Waals surface area (Å²) >= 11 is 0. The second-order valence-electron chi connectivity index (χ2n) is 6.47. The fourth-order valence-corrected chi connectivity index (χ4v) is 3.80. The van der Waals surface area contributed by atoms with Gasteiger partial charge < -0.3 is 19.1 Å². The number of fused-ring (bicyclic) bond motifs is 1. The first-order valence-electron chi connectivity index (χ1n) is 8.42. The molecule has 0 radical (unpaired) electrons. The molecule has 6 nitrogen and oxygen atoms in total. The highest BCUT2D eigenvalue weighted by Crippen LogP contribution is 2.39. The fraction of sp³-hybridized carbons (Fsp3) is 0.611. The molecule has 132 valence electrons. The summed E-state index contributed by atoms with van der Waals surface area (Å²) < 4.78 is 16.2. The summed E-state index contributed by atoms with van der Waals surface area (Å²) in [6.45, 7) is 4.51. The molecule has 0 bridgehead atoms. The topological polar surface area (TPSA) is 51.2 Å². The van der Waals surface area contributed by atoms with Crippen LogP contribution >= 0.6 is 0 Å². The van der Waals surface area contributed by atoms with Crippen LogP contribution < -0.4 is 14.2 Å². The number of amides is 1. The van der Waals surface area contributed by atoms with E-state index in [1.807, 2.05) is 19.1 Å². The molecule has 2 saturated heterocycles. The molecule has 1 amide bonds. The van der Waals surface area contributed by atoms with Crippen molar-refractivity contribution < 1.29 is 19.0 Å². The van der Waals surface area contributed by atoms with Crippen LogP contribution in [-0.2, 0) is 11.3 Å². The second-order valence-corrected chi connectivity index (χ2v) is 6.47. The van der Waals surface area contributed by atoms with Gasteiger partial charge in [-0.25, -0.2) is 0 Å². The summed E-state index contributed by atoms with van der Waals surface area (Å²) in [6.07, 6.45) is 2.21. The Labute approximate surface area is 143 Å². The SMILES string of the molecule is COc1cc(CN2C[C@H]3CCCN3C(=O)[C@H]2C)cc(OC)c1OC. The molecule has 2 aliphatic heterocycles. The molecule has 0 aliphatic carbocycles. The van der Waals surface area contributed by atoms with Crippen molar-refractivity contribution in [3.05, 3.63) is 17.7 Å². The summed E-state index contributed by atoms with van der Waals surface area (Å²) in [5.74, 6) is 2.13. The van der Waals surface area contributed by atoms with E-state index >= 15 is 0 Å². The number of ether oxygens (including phenoxy) is 3. The van der Waals surface area contributed by atoms with Gasteiger partial charge in [0, 0.05) is 25.7 Å². The molecule has 0 unspecified atom stereocenters. The predicted octanol–water partition coefficient (Wildman–Crippen LogP) is 1.91. The van der Waals surface area contributed by atoms with Gasteiger partial charge in [0.25, 0.3) is 0 Å². The molecule has 24 heavy (non-hydrogen) atoms. The first kappa shape index (κ1) is 16.9. The zero-order valence-electron chi connectivity index (χ0n) is 14.9. The van der Waals surface area contributed by atoms with Crippen molar-refractivity contribution >= 4 is 5.91 Å². The quantitative estimate of drug-likeness (QED) is 0.823. The van der Waals surface area contributed by atoms with Crippen molar-refractivity contribution in [3.8, 4) is 17.2 Å². The number of piperazine rings is 1.